The van der Waals surface area contributed by atoms with Crippen LogP contribution in [0.15, 0.2) is 24.4 Å². The number of nitrogens with zero attached hydrogens (tertiary/aromatic N) is 1. The van der Waals surface area contributed by atoms with Crippen LogP contribution in [0.25, 0.3) is 0 Å². The largest absolute Gasteiger partial charge is 0.337 e. The first-order valence-electron chi connectivity index (χ1n) is 5.85. The van der Waals surface area contributed by atoms with Crippen molar-refractivity contribution in [1.29, 1.82) is 0 Å². The topological polar surface area (TPSA) is 20.7 Å². The maximum atomic E-state index is 13.5. The summed E-state index contributed by atoms with van der Waals surface area (Å²) in [4.78, 5) is 3.07. The van der Waals surface area contributed by atoms with Crippen molar-refractivity contribution in [3.8, 4) is 0 Å². The summed E-state index contributed by atoms with van der Waals surface area (Å²) >= 11 is 11.2. The van der Waals surface area contributed by atoms with Crippen LogP contribution in [0.3, 0.4) is 0 Å². The first-order valence-corrected chi connectivity index (χ1v) is 6.63. The highest BCUT2D eigenvalue weighted by molar-refractivity contribution is 7.71. The minimum absolute atomic E-state index is 0.0176. The molecule has 1 saturated carbocycles. The highest BCUT2D eigenvalue weighted by Gasteiger charge is 2.61. The molecule has 0 bridgehead atoms. The van der Waals surface area contributed by atoms with Crippen LogP contribution in [0.5, 0.6) is 0 Å². The normalized spacial score (nSPS) is 28.0. The number of aromatic amines is 1. The molecule has 1 aromatic carbocycles. The number of fused-ring (bicyclic) bond motifs is 3. The summed E-state index contributed by atoms with van der Waals surface area (Å²) in [6.45, 7) is 0.828. The van der Waals surface area contributed by atoms with Crippen molar-refractivity contribution in [2.75, 3.05) is 0 Å². The molecular formula is C13H10ClFN2S. The maximum absolute atomic E-state index is 13.5. The van der Waals surface area contributed by atoms with E-state index in [-0.39, 0.29) is 11.2 Å². The van der Waals surface area contributed by atoms with Gasteiger partial charge in [0.1, 0.15) is 5.82 Å². The van der Waals surface area contributed by atoms with Crippen molar-refractivity contribution in [3.63, 3.8) is 0 Å². The number of nitrogens with one attached hydrogen (secondary N) is 1. The van der Waals surface area contributed by atoms with Gasteiger partial charge in [-0.05, 0) is 42.4 Å². The van der Waals surface area contributed by atoms with Crippen molar-refractivity contribution in [2.24, 2.45) is 0 Å². The molecule has 4 rings (SSSR count). The molecule has 2 aromatic rings. The van der Waals surface area contributed by atoms with Crippen LogP contribution in [-0.2, 0) is 12.0 Å². The van der Waals surface area contributed by atoms with E-state index in [0.717, 1.165) is 23.3 Å². The predicted octanol–water partition coefficient (Wildman–Crippen LogP) is 3.78. The molecule has 0 amide bonds. The van der Waals surface area contributed by atoms with Gasteiger partial charge in [0, 0.05) is 34.8 Å². The molecule has 0 unspecified atom stereocenters. The third kappa shape index (κ3) is 1.25. The van der Waals surface area contributed by atoms with Gasteiger partial charge in [-0.15, -0.1) is 0 Å². The summed E-state index contributed by atoms with van der Waals surface area (Å²) < 4.78 is 16.3. The molecule has 5 heteroatoms. The number of hydrogen-bond donors (Lipinski definition) is 1. The van der Waals surface area contributed by atoms with Crippen LogP contribution in [0.1, 0.15) is 23.6 Å². The number of aromatic nitrogens is 2. The predicted molar refractivity (Wildman–Crippen MR) is 70.1 cm³/mol. The highest BCUT2D eigenvalue weighted by Crippen LogP contribution is 2.65. The molecular weight excluding hydrogens is 271 g/mol. The van der Waals surface area contributed by atoms with Crippen molar-refractivity contribution in [3.05, 3.63) is 51.3 Å². The molecule has 0 spiro atoms. The lowest BCUT2D eigenvalue weighted by atomic mass is 9.94. The van der Waals surface area contributed by atoms with Gasteiger partial charge in [-0.2, -0.15) is 0 Å². The molecule has 2 aliphatic rings. The van der Waals surface area contributed by atoms with Gasteiger partial charge >= 0.3 is 0 Å². The van der Waals surface area contributed by atoms with E-state index in [4.69, 9.17) is 23.8 Å². The molecule has 1 N–H and O–H groups in total. The van der Waals surface area contributed by atoms with Gasteiger partial charge in [0.2, 0.25) is 0 Å². The van der Waals surface area contributed by atoms with Crippen LogP contribution in [-0.4, -0.2) is 9.55 Å². The first-order chi connectivity index (χ1) is 8.60. The number of halogens is 2. The second-order valence-corrected chi connectivity index (χ2v) is 6.00. The molecule has 18 heavy (non-hydrogen) atoms. The van der Waals surface area contributed by atoms with Gasteiger partial charge in [-0.1, -0.05) is 11.6 Å². The van der Waals surface area contributed by atoms with E-state index < -0.39 is 0 Å². The summed E-state index contributed by atoms with van der Waals surface area (Å²) in [5, 5.41) is 0.465. The lowest BCUT2D eigenvalue weighted by Crippen LogP contribution is -2.12. The van der Waals surface area contributed by atoms with Gasteiger partial charge in [0.25, 0.3) is 0 Å². The summed E-state index contributed by atoms with van der Waals surface area (Å²) in [7, 11) is 0. The van der Waals surface area contributed by atoms with E-state index in [1.54, 1.807) is 6.07 Å². The Kier molecular flexibility index (Phi) is 1.94. The Hall–Kier alpha value is -1.13. The number of imidazole rings is 1. The van der Waals surface area contributed by atoms with Crippen LogP contribution >= 0.6 is 23.8 Å². The lowest BCUT2D eigenvalue weighted by Gasteiger charge is -2.13. The fourth-order valence-corrected chi connectivity index (χ4v) is 3.71. The Morgan fingerprint density at radius 3 is 3.00 bits per heavy atom. The zero-order valence-corrected chi connectivity index (χ0v) is 11.0. The van der Waals surface area contributed by atoms with Gasteiger partial charge in [0.15, 0.2) is 4.77 Å². The lowest BCUT2D eigenvalue weighted by molar-refractivity contribution is 0.570. The summed E-state index contributed by atoms with van der Waals surface area (Å²) in [5.41, 5.74) is 2.25. The van der Waals surface area contributed by atoms with Gasteiger partial charge in [-0.3, -0.25) is 0 Å². The van der Waals surface area contributed by atoms with E-state index in [0.29, 0.717) is 10.9 Å². The number of H-pyrrole nitrogens is 1. The first kappa shape index (κ1) is 10.8. The molecule has 2 atom stereocenters. The van der Waals surface area contributed by atoms with Crippen LogP contribution < -0.4 is 0 Å². The van der Waals surface area contributed by atoms with Crippen LogP contribution in [0.4, 0.5) is 4.39 Å². The average molecular weight is 281 g/mol. The van der Waals surface area contributed by atoms with E-state index in [2.05, 4.69) is 9.55 Å². The average Bonchev–Trinajstić information content (AvgIpc) is 2.78. The standard InChI is InChI=1S/C13H10ClFN2S/c14-8-1-7(2-9(15)3-8)13-4-10(13)11-5-16-12(18)17(11)6-13/h1-3,5,10H,4,6H2,(H,16,18)/t10-,13+/m0/s1. The smallest absolute Gasteiger partial charge is 0.177 e. The third-order valence-corrected chi connectivity index (χ3v) is 4.77. The molecule has 2 nitrogen and oxygen atoms in total. The minimum Gasteiger partial charge on any atom is -0.337 e. The van der Waals surface area contributed by atoms with Crippen molar-refractivity contribution in [1.82, 2.24) is 9.55 Å². The molecule has 0 radical (unpaired) electrons. The molecule has 92 valence electrons. The van der Waals surface area contributed by atoms with Crippen molar-refractivity contribution in [2.45, 2.75) is 24.3 Å². The number of rotatable bonds is 1. The van der Waals surface area contributed by atoms with Crippen molar-refractivity contribution >= 4 is 23.8 Å². The minimum atomic E-state index is -0.265. The van der Waals surface area contributed by atoms with E-state index in [1.807, 2.05) is 12.3 Å². The Bertz CT molecular complexity index is 700. The number of benzene rings is 1. The Morgan fingerprint density at radius 1 is 1.44 bits per heavy atom. The second-order valence-electron chi connectivity index (χ2n) is 5.18. The van der Waals surface area contributed by atoms with Gasteiger partial charge < -0.3 is 9.55 Å². The quantitative estimate of drug-likeness (QED) is 0.789. The zero-order chi connectivity index (χ0) is 12.5. The Balaban J connectivity index is 1.83. The molecule has 1 aliphatic heterocycles. The molecule has 0 saturated heterocycles. The Morgan fingerprint density at radius 2 is 2.28 bits per heavy atom. The highest BCUT2D eigenvalue weighted by atomic mass is 35.5. The van der Waals surface area contributed by atoms with E-state index in [9.17, 15) is 4.39 Å². The van der Waals surface area contributed by atoms with Crippen LogP contribution in [0, 0.1) is 10.6 Å². The fourth-order valence-electron chi connectivity index (χ4n) is 3.26. The Labute approximate surface area is 113 Å². The molecule has 1 aromatic heterocycles. The zero-order valence-electron chi connectivity index (χ0n) is 9.41. The summed E-state index contributed by atoms with van der Waals surface area (Å²) in [5.74, 6) is 0.183. The van der Waals surface area contributed by atoms with E-state index >= 15 is 0 Å². The molecule has 1 fully saturated rings. The second kappa shape index (κ2) is 3.25. The monoisotopic (exact) mass is 280 g/mol. The molecule has 2 heterocycles. The van der Waals surface area contributed by atoms with E-state index in [1.165, 1.54) is 11.8 Å². The summed E-state index contributed by atoms with van der Waals surface area (Å²) in [6, 6.07) is 4.83. The SMILES string of the molecule is Fc1cc(Cl)cc([C@]23C[C@H]2c2c[nH]c(=S)n2C3)c1. The molecule has 1 aliphatic carbocycles. The van der Waals surface area contributed by atoms with Crippen molar-refractivity contribution < 1.29 is 4.39 Å². The van der Waals surface area contributed by atoms with Crippen LogP contribution in [0.2, 0.25) is 5.02 Å². The fraction of sp³-hybridized carbons (Fsp3) is 0.308. The summed E-state index contributed by atoms with van der Waals surface area (Å²) in [6.07, 6.45) is 3.03. The number of hydrogen-bond acceptors (Lipinski definition) is 1. The van der Waals surface area contributed by atoms with Gasteiger partial charge in [-0.25, -0.2) is 4.39 Å². The maximum Gasteiger partial charge on any atom is 0.177 e. The third-order valence-electron chi connectivity index (χ3n) is 4.21. The van der Waals surface area contributed by atoms with Gasteiger partial charge in [0.05, 0.1) is 0 Å².